The molecule has 5 nitrogen and oxygen atoms in total. The predicted molar refractivity (Wildman–Crippen MR) is 74.3 cm³/mol. The van der Waals surface area contributed by atoms with E-state index in [-0.39, 0.29) is 11.9 Å². The molecular weight excluding hydrogens is 251 g/mol. The monoisotopic (exact) mass is 278 g/mol. The summed E-state index contributed by atoms with van der Waals surface area (Å²) in [5.74, 6) is 0.345. The number of rotatable bonds is 8. The second kappa shape index (κ2) is 9.18. The van der Waals surface area contributed by atoms with Gasteiger partial charge in [0, 0.05) is 19.0 Å². The molecule has 4 atom stereocenters. The van der Waals surface area contributed by atoms with E-state index in [2.05, 4.69) is 13.8 Å². The van der Waals surface area contributed by atoms with Crippen LogP contribution in [0.5, 0.6) is 0 Å². The van der Waals surface area contributed by atoms with E-state index in [0.29, 0.717) is 25.6 Å². The van der Waals surface area contributed by atoms with Crippen LogP contribution in [0.2, 0.25) is 0 Å². The van der Waals surface area contributed by atoms with Crippen molar-refractivity contribution < 1.29 is 13.8 Å². The third kappa shape index (κ3) is 4.72. The minimum absolute atomic E-state index is 0.152. The fourth-order valence-electron chi connectivity index (χ4n) is 2.05. The first-order chi connectivity index (χ1) is 8.76. The normalized spacial score (nSPS) is 30.3. The van der Waals surface area contributed by atoms with E-state index in [1.165, 1.54) is 0 Å². The quantitative estimate of drug-likeness (QED) is 0.662. The van der Waals surface area contributed by atoms with E-state index in [0.717, 1.165) is 25.9 Å². The molecule has 0 aliphatic carbocycles. The topological polar surface area (TPSA) is 79.7 Å². The summed E-state index contributed by atoms with van der Waals surface area (Å²) in [5, 5.41) is 0. The average Bonchev–Trinajstić information content (AvgIpc) is 2.40. The number of hydrogen-bond donors (Lipinski definition) is 2. The lowest BCUT2D eigenvalue weighted by Gasteiger charge is -2.38. The highest BCUT2D eigenvalue weighted by Crippen LogP contribution is 2.50. The van der Waals surface area contributed by atoms with Crippen LogP contribution in [-0.2, 0) is 13.8 Å². The molecule has 6 heteroatoms. The van der Waals surface area contributed by atoms with Crippen molar-refractivity contribution in [3.05, 3.63) is 0 Å². The molecule has 108 valence electrons. The lowest BCUT2D eigenvalue weighted by Crippen LogP contribution is -2.35. The molecule has 0 amide bonds. The van der Waals surface area contributed by atoms with Gasteiger partial charge >= 0.3 is 0 Å². The Morgan fingerprint density at radius 2 is 2.17 bits per heavy atom. The van der Waals surface area contributed by atoms with Gasteiger partial charge in [-0.25, -0.2) is 0 Å². The summed E-state index contributed by atoms with van der Waals surface area (Å²) in [6.07, 6.45) is 3.58. The van der Waals surface area contributed by atoms with Gasteiger partial charge in [-0.1, -0.05) is 20.3 Å². The Morgan fingerprint density at radius 3 is 2.72 bits per heavy atom. The second-order valence-electron chi connectivity index (χ2n) is 4.53. The van der Waals surface area contributed by atoms with Crippen LogP contribution in [0.1, 0.15) is 33.1 Å². The minimum atomic E-state index is -1.03. The summed E-state index contributed by atoms with van der Waals surface area (Å²) in [4.78, 5) is 0. The Kier molecular flexibility index (Phi) is 8.31. The van der Waals surface area contributed by atoms with Crippen LogP contribution in [0.15, 0.2) is 0 Å². The van der Waals surface area contributed by atoms with Crippen molar-refractivity contribution in [3.8, 4) is 0 Å². The highest BCUT2D eigenvalue weighted by atomic mass is 31.2. The summed E-state index contributed by atoms with van der Waals surface area (Å²) < 4.78 is 17.5. The number of ether oxygens (including phenoxy) is 1. The maximum atomic E-state index is 6.08. The SMILES string of the molecule is CCCC1OP(C(CN)OCCN)OCC1CC. The van der Waals surface area contributed by atoms with Crippen LogP contribution in [0, 0.1) is 5.92 Å². The Hall–Kier alpha value is 0.230. The summed E-state index contributed by atoms with van der Waals surface area (Å²) in [7, 11) is -1.03. The molecule has 4 N–H and O–H groups in total. The van der Waals surface area contributed by atoms with Crippen molar-refractivity contribution in [3.63, 3.8) is 0 Å². The highest BCUT2D eigenvalue weighted by molar-refractivity contribution is 7.48. The third-order valence-electron chi connectivity index (χ3n) is 3.14. The summed E-state index contributed by atoms with van der Waals surface area (Å²) in [6.45, 7) is 6.54. The van der Waals surface area contributed by atoms with E-state index in [4.69, 9.17) is 25.3 Å². The van der Waals surface area contributed by atoms with Gasteiger partial charge in [0.05, 0.1) is 19.3 Å². The van der Waals surface area contributed by atoms with Gasteiger partial charge in [0.2, 0.25) is 8.38 Å². The summed E-state index contributed by atoms with van der Waals surface area (Å²) in [6, 6.07) is 0. The van der Waals surface area contributed by atoms with Crippen molar-refractivity contribution >= 4 is 8.38 Å². The van der Waals surface area contributed by atoms with Gasteiger partial charge in [-0.15, -0.1) is 0 Å². The molecule has 4 unspecified atom stereocenters. The minimum Gasteiger partial charge on any atom is -0.366 e. The van der Waals surface area contributed by atoms with Crippen molar-refractivity contribution in [2.75, 3.05) is 26.3 Å². The molecule has 1 rings (SSSR count). The van der Waals surface area contributed by atoms with Crippen molar-refractivity contribution in [2.24, 2.45) is 17.4 Å². The van der Waals surface area contributed by atoms with Crippen LogP contribution in [0.3, 0.4) is 0 Å². The van der Waals surface area contributed by atoms with Crippen molar-refractivity contribution in [1.82, 2.24) is 0 Å². The zero-order chi connectivity index (χ0) is 13.4. The first kappa shape index (κ1) is 16.3. The summed E-state index contributed by atoms with van der Waals surface area (Å²) >= 11 is 0. The molecule has 1 aliphatic heterocycles. The molecule has 1 aliphatic rings. The second-order valence-corrected chi connectivity index (χ2v) is 6.15. The molecule has 1 fully saturated rings. The van der Waals surface area contributed by atoms with Crippen LogP contribution in [0.25, 0.3) is 0 Å². The van der Waals surface area contributed by atoms with Gasteiger partial charge in [0.1, 0.15) is 5.85 Å². The third-order valence-corrected chi connectivity index (χ3v) is 4.86. The molecule has 0 bridgehead atoms. The molecule has 18 heavy (non-hydrogen) atoms. The van der Waals surface area contributed by atoms with E-state index >= 15 is 0 Å². The standard InChI is InChI=1S/C12H27N2O3P/c1-3-5-11-10(4-2)9-16-18(17-11)12(8-14)15-7-6-13/h10-12H,3-9,13-14H2,1-2H3. The molecule has 1 heterocycles. The van der Waals surface area contributed by atoms with Gasteiger partial charge in [-0.05, 0) is 12.8 Å². The molecule has 1 saturated heterocycles. The van der Waals surface area contributed by atoms with E-state index in [1.807, 2.05) is 0 Å². The number of hydrogen-bond acceptors (Lipinski definition) is 5. The van der Waals surface area contributed by atoms with E-state index in [1.54, 1.807) is 0 Å². The fraction of sp³-hybridized carbons (Fsp3) is 1.00. The molecule has 0 aromatic carbocycles. The Balaban J connectivity index is 2.51. The van der Waals surface area contributed by atoms with Gasteiger partial charge in [-0.3, -0.25) is 0 Å². The molecule has 0 saturated carbocycles. The average molecular weight is 278 g/mol. The first-order valence-corrected chi connectivity index (χ1v) is 8.12. The molecule has 0 aromatic heterocycles. The van der Waals surface area contributed by atoms with E-state index in [9.17, 15) is 0 Å². The van der Waals surface area contributed by atoms with Gasteiger partial charge < -0.3 is 25.3 Å². The Morgan fingerprint density at radius 1 is 1.39 bits per heavy atom. The Labute approximate surface area is 111 Å². The zero-order valence-corrected chi connectivity index (χ0v) is 12.4. The van der Waals surface area contributed by atoms with Crippen molar-refractivity contribution in [1.29, 1.82) is 0 Å². The van der Waals surface area contributed by atoms with Gasteiger partial charge in [0.15, 0.2) is 0 Å². The predicted octanol–water partition coefficient (Wildman–Crippen LogP) is 1.80. The van der Waals surface area contributed by atoms with Crippen LogP contribution >= 0.6 is 8.38 Å². The zero-order valence-electron chi connectivity index (χ0n) is 11.5. The largest absolute Gasteiger partial charge is 0.366 e. The Bertz CT molecular complexity index is 221. The first-order valence-electron chi connectivity index (χ1n) is 6.87. The molecule has 0 spiro atoms. The van der Waals surface area contributed by atoms with Crippen molar-refractivity contribution in [2.45, 2.75) is 45.1 Å². The van der Waals surface area contributed by atoms with Crippen LogP contribution in [-0.4, -0.2) is 38.3 Å². The lowest BCUT2D eigenvalue weighted by atomic mass is 9.97. The molecule has 0 radical (unpaired) electrons. The summed E-state index contributed by atoms with van der Waals surface area (Å²) in [5.41, 5.74) is 11.2. The van der Waals surface area contributed by atoms with Crippen LogP contribution < -0.4 is 11.5 Å². The van der Waals surface area contributed by atoms with Crippen LogP contribution in [0.4, 0.5) is 0 Å². The lowest BCUT2D eigenvalue weighted by molar-refractivity contribution is 0.0133. The van der Waals surface area contributed by atoms with Gasteiger partial charge in [0.25, 0.3) is 0 Å². The fourth-order valence-corrected chi connectivity index (χ4v) is 3.70. The van der Waals surface area contributed by atoms with E-state index < -0.39 is 8.38 Å². The highest BCUT2D eigenvalue weighted by Gasteiger charge is 2.35. The maximum absolute atomic E-state index is 6.08. The number of nitrogens with two attached hydrogens (primary N) is 2. The molecular formula is C12H27N2O3P. The maximum Gasteiger partial charge on any atom is 0.203 e. The van der Waals surface area contributed by atoms with Gasteiger partial charge in [-0.2, -0.15) is 0 Å². The molecule has 0 aromatic rings. The smallest absolute Gasteiger partial charge is 0.203 e.